The molecule has 39 heavy (non-hydrogen) atoms. The number of hydrogen-bond acceptors (Lipinski definition) is 6. The van der Waals surface area contributed by atoms with Crippen molar-refractivity contribution in [2.24, 2.45) is 5.41 Å². The summed E-state index contributed by atoms with van der Waals surface area (Å²) in [6, 6.07) is 10.2. The molecule has 200 valence electrons. The van der Waals surface area contributed by atoms with Crippen LogP contribution in [0.1, 0.15) is 32.4 Å². The summed E-state index contributed by atoms with van der Waals surface area (Å²) in [6.45, 7) is 2.00. The van der Waals surface area contributed by atoms with Gasteiger partial charge in [-0.15, -0.1) is 11.3 Å². The summed E-state index contributed by atoms with van der Waals surface area (Å²) in [6.07, 6.45) is 5.84. The SMILES string of the molecule is Cc1cnc(C(=O)C23Cc4cnn(-c5ccc(F)cc5)c4C=C2CCN(S(=O)(=O)c2ccc(Cl)c(Cl)c2)C3)s1. The molecule has 12 heteroatoms. The van der Waals surface area contributed by atoms with E-state index in [2.05, 4.69) is 10.1 Å². The van der Waals surface area contributed by atoms with Gasteiger partial charge < -0.3 is 0 Å². The fourth-order valence-corrected chi connectivity index (χ4v) is 7.95. The molecule has 2 aromatic carbocycles. The highest BCUT2D eigenvalue weighted by Crippen LogP contribution is 2.47. The fraction of sp³-hybridized carbons (Fsp3) is 0.222. The van der Waals surface area contributed by atoms with E-state index in [4.69, 9.17) is 23.2 Å². The third-order valence-corrected chi connectivity index (χ3v) is 10.7. The number of carbonyl (C=O) groups excluding carboxylic acids is 1. The van der Waals surface area contributed by atoms with Crippen LogP contribution in [-0.2, 0) is 16.4 Å². The van der Waals surface area contributed by atoms with Gasteiger partial charge in [0.1, 0.15) is 5.82 Å². The standard InChI is InChI=1S/C27H21Cl2FN4O3S2/c1-16-13-31-26(38-16)25(35)27-12-17-14-32-34(20-4-2-19(30)3-5-20)24(17)10-18(27)8-9-33(15-27)39(36,37)21-6-7-22(28)23(29)11-21/h2-7,10-11,13-14H,8-9,12,15H2,1H3. The van der Waals surface area contributed by atoms with E-state index in [1.165, 1.54) is 46.0 Å². The third-order valence-electron chi connectivity index (χ3n) is 7.23. The van der Waals surface area contributed by atoms with Crippen LogP contribution >= 0.6 is 34.5 Å². The van der Waals surface area contributed by atoms with Crippen molar-refractivity contribution in [3.63, 3.8) is 0 Å². The second-order valence-corrected chi connectivity index (χ2v) is 13.6. The molecule has 1 fully saturated rings. The Kier molecular flexibility index (Phi) is 6.51. The Morgan fingerprint density at radius 3 is 2.56 bits per heavy atom. The highest BCUT2D eigenvalue weighted by atomic mass is 35.5. The first-order valence-electron chi connectivity index (χ1n) is 12.0. The van der Waals surface area contributed by atoms with Crippen LogP contribution in [0, 0.1) is 18.2 Å². The molecule has 6 rings (SSSR count). The lowest BCUT2D eigenvalue weighted by Gasteiger charge is -2.44. The minimum atomic E-state index is -3.98. The predicted octanol–water partition coefficient (Wildman–Crippen LogP) is 5.99. The molecule has 0 radical (unpaired) electrons. The molecular formula is C27H21Cl2FN4O3S2. The molecule has 4 aromatic rings. The van der Waals surface area contributed by atoms with Crippen LogP contribution in [-0.4, -0.2) is 46.4 Å². The number of Topliss-reactive ketones (excluding diaryl/α,β-unsaturated/α-hetero) is 1. The summed E-state index contributed by atoms with van der Waals surface area (Å²) in [5, 5.41) is 5.24. The minimum Gasteiger partial charge on any atom is -0.290 e. The van der Waals surface area contributed by atoms with Crippen molar-refractivity contribution in [1.82, 2.24) is 19.1 Å². The molecule has 1 atom stereocenters. The Balaban J connectivity index is 1.45. The molecule has 0 amide bonds. The average Bonchev–Trinajstić information content (AvgIpc) is 3.54. The maximum atomic E-state index is 14.2. The zero-order chi connectivity index (χ0) is 27.5. The smallest absolute Gasteiger partial charge is 0.243 e. The van der Waals surface area contributed by atoms with Crippen molar-refractivity contribution in [2.75, 3.05) is 13.1 Å². The van der Waals surface area contributed by atoms with Crippen LogP contribution < -0.4 is 0 Å². The summed E-state index contributed by atoms with van der Waals surface area (Å²) in [5.74, 6) is -0.571. The van der Waals surface area contributed by atoms with Crippen LogP contribution in [0.5, 0.6) is 0 Å². The van der Waals surface area contributed by atoms with E-state index in [1.54, 1.807) is 29.2 Å². The lowest BCUT2D eigenvalue weighted by atomic mass is 9.66. The Hall–Kier alpha value is -2.89. The summed E-state index contributed by atoms with van der Waals surface area (Å²) in [5.41, 5.74) is 1.92. The van der Waals surface area contributed by atoms with E-state index in [0.29, 0.717) is 17.1 Å². The van der Waals surface area contributed by atoms with Crippen molar-refractivity contribution in [1.29, 1.82) is 0 Å². The lowest BCUT2D eigenvalue weighted by molar-refractivity contribution is 0.0775. The summed E-state index contributed by atoms with van der Waals surface area (Å²) >= 11 is 13.4. The number of benzene rings is 2. The van der Waals surface area contributed by atoms with Gasteiger partial charge in [-0.05, 0) is 73.9 Å². The van der Waals surface area contributed by atoms with Crippen LogP contribution in [0.3, 0.4) is 0 Å². The number of rotatable bonds is 5. The number of sulfonamides is 1. The van der Waals surface area contributed by atoms with Crippen molar-refractivity contribution in [3.05, 3.63) is 97.4 Å². The van der Waals surface area contributed by atoms with E-state index in [1.807, 2.05) is 13.0 Å². The molecule has 1 saturated heterocycles. The van der Waals surface area contributed by atoms with Crippen molar-refractivity contribution in [2.45, 2.75) is 24.7 Å². The van der Waals surface area contributed by atoms with Gasteiger partial charge in [0.05, 0.1) is 37.9 Å². The third kappa shape index (κ3) is 4.44. The Morgan fingerprint density at radius 1 is 1.10 bits per heavy atom. The first-order chi connectivity index (χ1) is 18.6. The number of halogens is 3. The fourth-order valence-electron chi connectivity index (χ4n) is 5.26. The number of nitrogens with zero attached hydrogens (tertiary/aromatic N) is 4. The number of piperidine rings is 1. The van der Waals surface area contributed by atoms with Crippen molar-refractivity contribution < 1.29 is 17.6 Å². The second kappa shape index (κ2) is 9.64. The molecule has 1 unspecified atom stereocenters. The van der Waals surface area contributed by atoms with Crippen LogP contribution in [0.4, 0.5) is 4.39 Å². The van der Waals surface area contributed by atoms with Gasteiger partial charge in [0, 0.05) is 24.2 Å². The molecule has 3 heterocycles. The Labute approximate surface area is 238 Å². The topological polar surface area (TPSA) is 85.2 Å². The maximum absolute atomic E-state index is 14.2. The van der Waals surface area contributed by atoms with Crippen LogP contribution in [0.25, 0.3) is 11.8 Å². The Bertz CT molecular complexity index is 1770. The zero-order valence-electron chi connectivity index (χ0n) is 20.6. The Morgan fingerprint density at radius 2 is 1.87 bits per heavy atom. The van der Waals surface area contributed by atoms with Crippen LogP contribution in [0.2, 0.25) is 10.0 Å². The minimum absolute atomic E-state index is 0.0117. The highest BCUT2D eigenvalue weighted by Gasteiger charge is 2.51. The van der Waals surface area contributed by atoms with Gasteiger partial charge >= 0.3 is 0 Å². The lowest BCUT2D eigenvalue weighted by Crippen LogP contribution is -2.53. The van der Waals surface area contributed by atoms with E-state index >= 15 is 0 Å². The molecule has 1 aliphatic heterocycles. The molecule has 0 spiro atoms. The van der Waals surface area contributed by atoms with Gasteiger partial charge in [0.2, 0.25) is 15.8 Å². The zero-order valence-corrected chi connectivity index (χ0v) is 23.7. The van der Waals surface area contributed by atoms with Gasteiger partial charge in [-0.2, -0.15) is 9.40 Å². The number of hydrogen-bond donors (Lipinski definition) is 0. The molecule has 0 saturated carbocycles. The van der Waals surface area contributed by atoms with Gasteiger partial charge in [-0.25, -0.2) is 22.5 Å². The first-order valence-corrected chi connectivity index (χ1v) is 15.1. The summed E-state index contributed by atoms with van der Waals surface area (Å²) in [4.78, 5) is 19.4. The monoisotopic (exact) mass is 602 g/mol. The normalized spacial score (nSPS) is 19.3. The second-order valence-electron chi connectivity index (χ2n) is 9.64. The number of fused-ring (bicyclic) bond motifs is 2. The van der Waals surface area contributed by atoms with Gasteiger partial charge in [-0.3, -0.25) is 4.79 Å². The van der Waals surface area contributed by atoms with Gasteiger partial charge in [0.25, 0.3) is 0 Å². The van der Waals surface area contributed by atoms with E-state index in [-0.39, 0.29) is 46.1 Å². The summed E-state index contributed by atoms with van der Waals surface area (Å²) < 4.78 is 44.0. The quantitative estimate of drug-likeness (QED) is 0.262. The maximum Gasteiger partial charge on any atom is 0.243 e. The predicted molar refractivity (Wildman–Crippen MR) is 149 cm³/mol. The van der Waals surface area contributed by atoms with Crippen molar-refractivity contribution >= 4 is 56.4 Å². The number of aromatic nitrogens is 3. The molecular weight excluding hydrogens is 582 g/mol. The molecule has 1 aliphatic carbocycles. The van der Waals surface area contributed by atoms with Gasteiger partial charge in [-0.1, -0.05) is 28.8 Å². The molecule has 0 bridgehead atoms. The number of carbonyl (C=O) groups is 1. The molecule has 2 aliphatic rings. The van der Waals surface area contributed by atoms with Crippen molar-refractivity contribution in [3.8, 4) is 5.69 Å². The average molecular weight is 604 g/mol. The first kappa shape index (κ1) is 26.3. The largest absolute Gasteiger partial charge is 0.290 e. The van der Waals surface area contributed by atoms with E-state index in [9.17, 15) is 17.6 Å². The number of aryl methyl sites for hydroxylation is 1. The molecule has 2 aromatic heterocycles. The highest BCUT2D eigenvalue weighted by molar-refractivity contribution is 7.89. The number of ketones is 1. The van der Waals surface area contributed by atoms with E-state index < -0.39 is 15.4 Å². The molecule has 0 N–H and O–H groups in total. The van der Waals surface area contributed by atoms with E-state index in [0.717, 1.165) is 21.7 Å². The van der Waals surface area contributed by atoms with Gasteiger partial charge in [0.15, 0.2) is 5.01 Å². The van der Waals surface area contributed by atoms with Crippen LogP contribution in [0.15, 0.2) is 65.3 Å². The summed E-state index contributed by atoms with van der Waals surface area (Å²) in [7, 11) is -3.98. The number of thiazole rings is 1. The molecule has 7 nitrogen and oxygen atoms in total.